The zero-order chi connectivity index (χ0) is 32.3. The molecule has 10 rings (SSSR count). The van der Waals surface area contributed by atoms with E-state index in [4.69, 9.17) is 8.83 Å². The predicted molar refractivity (Wildman–Crippen MR) is 204 cm³/mol. The molecule has 0 bridgehead atoms. The number of hydrogen-bond acceptors (Lipinski definition) is 3. The van der Waals surface area contributed by atoms with Gasteiger partial charge in [-0.15, -0.1) is 0 Å². The first-order valence-electron chi connectivity index (χ1n) is 16.6. The third kappa shape index (κ3) is 4.51. The van der Waals surface area contributed by atoms with Crippen molar-refractivity contribution in [1.29, 1.82) is 0 Å². The summed E-state index contributed by atoms with van der Waals surface area (Å²) < 4.78 is 12.7. The molecule has 0 aliphatic carbocycles. The van der Waals surface area contributed by atoms with Crippen molar-refractivity contribution >= 4 is 71.7 Å². The Morgan fingerprint density at radius 2 is 0.959 bits per heavy atom. The van der Waals surface area contributed by atoms with Crippen LogP contribution in [0.5, 0.6) is 0 Å². The topological polar surface area (TPSA) is 29.5 Å². The van der Waals surface area contributed by atoms with Crippen molar-refractivity contribution in [2.75, 3.05) is 4.90 Å². The molecule has 10 aromatic rings. The third-order valence-electron chi connectivity index (χ3n) is 9.65. The van der Waals surface area contributed by atoms with Crippen molar-refractivity contribution in [3.05, 3.63) is 176 Å². The molecule has 230 valence electrons. The van der Waals surface area contributed by atoms with Gasteiger partial charge >= 0.3 is 0 Å². The molecule has 0 unspecified atom stereocenters. The van der Waals surface area contributed by atoms with Gasteiger partial charge in [0.25, 0.3) is 0 Å². The van der Waals surface area contributed by atoms with Crippen molar-refractivity contribution in [3.63, 3.8) is 0 Å². The van der Waals surface area contributed by atoms with Gasteiger partial charge in [-0.1, -0.05) is 115 Å². The maximum atomic E-state index is 6.36. The van der Waals surface area contributed by atoms with Crippen LogP contribution in [-0.4, -0.2) is 0 Å². The summed E-state index contributed by atoms with van der Waals surface area (Å²) >= 11 is 0. The fourth-order valence-corrected chi connectivity index (χ4v) is 7.36. The highest BCUT2D eigenvalue weighted by molar-refractivity contribution is 6.14. The fourth-order valence-electron chi connectivity index (χ4n) is 7.36. The summed E-state index contributed by atoms with van der Waals surface area (Å²) in [7, 11) is 0. The molecule has 0 saturated carbocycles. The molecule has 0 spiro atoms. The monoisotopic (exact) mass is 627 g/mol. The Labute approximate surface area is 282 Å². The molecule has 2 aromatic heterocycles. The molecule has 0 aliphatic heterocycles. The maximum absolute atomic E-state index is 6.36. The summed E-state index contributed by atoms with van der Waals surface area (Å²) in [6.07, 6.45) is 0. The Kier molecular flexibility index (Phi) is 6.18. The van der Waals surface area contributed by atoms with Gasteiger partial charge in [-0.2, -0.15) is 0 Å². The summed E-state index contributed by atoms with van der Waals surface area (Å²) in [5, 5.41) is 6.74. The molecule has 0 fully saturated rings. The van der Waals surface area contributed by atoms with E-state index in [1.807, 2.05) is 24.3 Å². The zero-order valence-corrected chi connectivity index (χ0v) is 26.5. The molecule has 0 amide bonds. The normalized spacial score (nSPS) is 11.7. The lowest BCUT2D eigenvalue weighted by Crippen LogP contribution is -2.10. The Hall–Kier alpha value is -6.58. The quantitative estimate of drug-likeness (QED) is 0.190. The minimum atomic E-state index is 0.863. The number of furan rings is 2. The van der Waals surface area contributed by atoms with Gasteiger partial charge in [-0.25, -0.2) is 0 Å². The largest absolute Gasteiger partial charge is 0.456 e. The zero-order valence-electron chi connectivity index (χ0n) is 26.5. The third-order valence-corrected chi connectivity index (χ3v) is 9.65. The molecule has 2 heterocycles. The van der Waals surface area contributed by atoms with E-state index in [0.717, 1.165) is 66.3 Å². The molecule has 0 atom stereocenters. The number of benzene rings is 8. The second-order valence-electron chi connectivity index (χ2n) is 12.5. The van der Waals surface area contributed by atoms with Crippen LogP contribution in [0.4, 0.5) is 17.1 Å². The molecule has 0 aliphatic rings. The number of nitrogens with zero attached hydrogens (tertiary/aromatic N) is 1. The van der Waals surface area contributed by atoms with Gasteiger partial charge in [-0.05, 0) is 93.7 Å². The second-order valence-corrected chi connectivity index (χ2v) is 12.5. The lowest BCUT2D eigenvalue weighted by Gasteiger charge is -2.27. The van der Waals surface area contributed by atoms with E-state index in [-0.39, 0.29) is 0 Å². The summed E-state index contributed by atoms with van der Waals surface area (Å²) in [5.74, 6) is 0. The summed E-state index contributed by atoms with van der Waals surface area (Å²) in [5.41, 5.74) is 11.5. The smallest absolute Gasteiger partial charge is 0.137 e. The van der Waals surface area contributed by atoms with Crippen LogP contribution in [-0.2, 0) is 0 Å². The van der Waals surface area contributed by atoms with Gasteiger partial charge < -0.3 is 13.7 Å². The molecule has 3 nitrogen and oxygen atoms in total. The molecule has 0 saturated heterocycles. The van der Waals surface area contributed by atoms with Crippen molar-refractivity contribution < 1.29 is 8.83 Å². The predicted octanol–water partition coefficient (Wildman–Crippen LogP) is 13.4. The van der Waals surface area contributed by atoms with Crippen LogP contribution in [0.15, 0.2) is 185 Å². The van der Waals surface area contributed by atoms with E-state index in [2.05, 4.69) is 157 Å². The van der Waals surface area contributed by atoms with E-state index >= 15 is 0 Å². The number of hydrogen-bond donors (Lipinski definition) is 0. The number of rotatable bonds is 5. The van der Waals surface area contributed by atoms with Crippen LogP contribution in [0.1, 0.15) is 0 Å². The van der Waals surface area contributed by atoms with Crippen LogP contribution in [0, 0.1) is 0 Å². The molecular formula is C46H29NO2. The molecule has 0 N–H and O–H groups in total. The molecule has 8 aromatic carbocycles. The minimum absolute atomic E-state index is 0.863. The first kappa shape index (κ1) is 27.5. The average Bonchev–Trinajstić information content (AvgIpc) is 3.73. The van der Waals surface area contributed by atoms with Crippen LogP contribution < -0.4 is 4.90 Å². The Morgan fingerprint density at radius 3 is 1.76 bits per heavy atom. The van der Waals surface area contributed by atoms with Gasteiger partial charge in [0.05, 0.1) is 11.1 Å². The molecule has 3 heteroatoms. The van der Waals surface area contributed by atoms with Gasteiger partial charge in [0, 0.05) is 27.5 Å². The van der Waals surface area contributed by atoms with Crippen LogP contribution in [0.2, 0.25) is 0 Å². The highest BCUT2D eigenvalue weighted by atomic mass is 16.3. The number of anilines is 3. The summed E-state index contributed by atoms with van der Waals surface area (Å²) in [4.78, 5) is 2.35. The first-order chi connectivity index (χ1) is 24.3. The molecular weight excluding hydrogens is 599 g/mol. The van der Waals surface area contributed by atoms with Crippen LogP contribution >= 0.6 is 0 Å². The Bertz CT molecular complexity index is 2830. The Balaban J connectivity index is 1.17. The highest BCUT2D eigenvalue weighted by Crippen LogP contribution is 2.44. The average molecular weight is 628 g/mol. The number of para-hydroxylation sites is 2. The van der Waals surface area contributed by atoms with E-state index in [1.165, 1.54) is 27.6 Å². The lowest BCUT2D eigenvalue weighted by molar-refractivity contribution is 0.669. The second kappa shape index (κ2) is 11.0. The van der Waals surface area contributed by atoms with Crippen molar-refractivity contribution in [2.45, 2.75) is 0 Å². The molecule has 49 heavy (non-hydrogen) atoms. The summed E-state index contributed by atoms with van der Waals surface area (Å²) in [6.45, 7) is 0. The number of fused-ring (bicyclic) bond motifs is 7. The van der Waals surface area contributed by atoms with E-state index in [1.54, 1.807) is 0 Å². The SMILES string of the molecule is c1ccc(-c2ccccc2-c2ccc(N(c3ccc4cc5c(cc4c3)oc3ccccc35)c3cccc4oc5ccccc5c34)cc2)cc1. The Morgan fingerprint density at radius 1 is 0.347 bits per heavy atom. The highest BCUT2D eigenvalue weighted by Gasteiger charge is 2.20. The fraction of sp³-hybridized carbons (Fsp3) is 0. The van der Waals surface area contributed by atoms with Crippen LogP contribution in [0.3, 0.4) is 0 Å². The van der Waals surface area contributed by atoms with Crippen LogP contribution in [0.25, 0.3) is 76.9 Å². The van der Waals surface area contributed by atoms with E-state index in [0.29, 0.717) is 0 Å². The van der Waals surface area contributed by atoms with E-state index < -0.39 is 0 Å². The van der Waals surface area contributed by atoms with Gasteiger partial charge in [0.15, 0.2) is 0 Å². The first-order valence-corrected chi connectivity index (χ1v) is 16.6. The van der Waals surface area contributed by atoms with Gasteiger partial charge in [0.1, 0.15) is 22.3 Å². The van der Waals surface area contributed by atoms with Gasteiger partial charge in [0.2, 0.25) is 0 Å². The molecule has 0 radical (unpaired) electrons. The van der Waals surface area contributed by atoms with E-state index in [9.17, 15) is 0 Å². The summed E-state index contributed by atoms with van der Waals surface area (Å²) in [6, 6.07) is 62.1. The van der Waals surface area contributed by atoms with Gasteiger partial charge in [-0.3, -0.25) is 0 Å². The van der Waals surface area contributed by atoms with Crippen molar-refractivity contribution in [3.8, 4) is 22.3 Å². The van der Waals surface area contributed by atoms with Crippen molar-refractivity contribution in [1.82, 2.24) is 0 Å². The maximum Gasteiger partial charge on any atom is 0.137 e. The standard InChI is InChI=1S/C46H29NO2/c1-2-11-30(12-3-1)36-13-4-5-14-37(36)31-21-24-34(25-22-31)47(41-17-10-20-44-46(41)39-16-7-9-19-43(39)48-44)35-26-23-32-28-40-38-15-6-8-18-42(38)49-45(40)29-33(32)27-35/h1-29H. The minimum Gasteiger partial charge on any atom is -0.456 e. The lowest BCUT2D eigenvalue weighted by atomic mass is 9.94. The van der Waals surface area contributed by atoms with Crippen molar-refractivity contribution in [2.24, 2.45) is 0 Å².